The average Bonchev–Trinajstić information content (AvgIpc) is 2.99. The number of nitrogens with zero attached hydrogens (tertiary/aromatic N) is 3. The van der Waals surface area contributed by atoms with Crippen LogP contribution in [0.5, 0.6) is 0 Å². The van der Waals surface area contributed by atoms with Crippen molar-refractivity contribution in [1.82, 2.24) is 14.8 Å². The van der Waals surface area contributed by atoms with Crippen LogP contribution < -0.4 is 0 Å². The number of aromatic nitrogens is 1. The van der Waals surface area contributed by atoms with Gasteiger partial charge in [0.2, 0.25) is 5.91 Å². The molecule has 5 nitrogen and oxygen atoms in total. The molecule has 1 atom stereocenters. The third-order valence-corrected chi connectivity index (χ3v) is 4.72. The molecule has 2 heterocycles. The lowest BCUT2D eigenvalue weighted by atomic mass is 10.0. The van der Waals surface area contributed by atoms with Crippen LogP contribution in [-0.4, -0.2) is 58.1 Å². The smallest absolute Gasteiger partial charge is 0.227 e. The number of carbonyl (C=O) groups excluding carboxylic acids is 1. The minimum Gasteiger partial charge on any atom is -0.387 e. The molecular weight excluding hydrogens is 333 g/mol. The first kappa shape index (κ1) is 18.5. The van der Waals surface area contributed by atoms with Crippen molar-refractivity contribution in [2.45, 2.75) is 25.0 Å². The summed E-state index contributed by atoms with van der Waals surface area (Å²) >= 11 is 0. The first-order valence-electron chi connectivity index (χ1n) is 8.76. The van der Waals surface area contributed by atoms with Gasteiger partial charge in [-0.3, -0.25) is 14.7 Å². The molecule has 3 rings (SSSR count). The van der Waals surface area contributed by atoms with E-state index in [1.807, 2.05) is 24.1 Å². The second-order valence-corrected chi connectivity index (χ2v) is 7.12. The molecule has 1 amide bonds. The largest absolute Gasteiger partial charge is 0.387 e. The summed E-state index contributed by atoms with van der Waals surface area (Å²) in [6, 6.07) is 10.0. The van der Waals surface area contributed by atoms with Crippen LogP contribution in [0.1, 0.15) is 17.5 Å². The Morgan fingerprint density at radius 1 is 1.23 bits per heavy atom. The number of hydrogen-bond donors (Lipinski definition) is 1. The second kappa shape index (κ2) is 7.93. The Kier molecular flexibility index (Phi) is 5.64. The maximum Gasteiger partial charge on any atom is 0.227 e. The van der Waals surface area contributed by atoms with Gasteiger partial charge in [-0.25, -0.2) is 4.39 Å². The van der Waals surface area contributed by atoms with Crippen LogP contribution in [0.25, 0.3) is 0 Å². The molecule has 0 spiro atoms. The Morgan fingerprint density at radius 3 is 2.62 bits per heavy atom. The molecule has 0 unspecified atom stereocenters. The highest BCUT2D eigenvalue weighted by molar-refractivity contribution is 5.79. The number of pyridine rings is 1. The number of likely N-dealkylation sites (N-methyl/N-ethyl adjacent to an activating group) is 1. The molecule has 1 fully saturated rings. The first-order chi connectivity index (χ1) is 12.4. The molecule has 1 aliphatic rings. The SMILES string of the molecule is CN(Cc1ccc(F)cc1)C[C@]1(O)CCN(C(=O)Cc2ccncc2)C1. The summed E-state index contributed by atoms with van der Waals surface area (Å²) < 4.78 is 13.0. The maximum atomic E-state index is 13.0. The molecular formula is C20H24FN3O2. The van der Waals surface area contributed by atoms with Crippen LogP contribution in [0.4, 0.5) is 4.39 Å². The van der Waals surface area contributed by atoms with Gasteiger partial charge in [0, 0.05) is 32.0 Å². The molecule has 0 bridgehead atoms. The summed E-state index contributed by atoms with van der Waals surface area (Å²) in [6.07, 6.45) is 4.23. The predicted octanol–water partition coefficient (Wildman–Crippen LogP) is 1.86. The molecule has 6 heteroatoms. The molecule has 0 saturated carbocycles. The average molecular weight is 357 g/mol. The summed E-state index contributed by atoms with van der Waals surface area (Å²) in [5, 5.41) is 10.9. The highest BCUT2D eigenvalue weighted by Crippen LogP contribution is 2.23. The van der Waals surface area contributed by atoms with Gasteiger partial charge in [0.1, 0.15) is 5.82 Å². The molecule has 138 valence electrons. The fourth-order valence-electron chi connectivity index (χ4n) is 3.45. The number of likely N-dealkylation sites (tertiary alicyclic amines) is 1. The third-order valence-electron chi connectivity index (χ3n) is 4.72. The summed E-state index contributed by atoms with van der Waals surface area (Å²) in [5.74, 6) is -0.234. The van der Waals surface area contributed by atoms with E-state index in [9.17, 15) is 14.3 Å². The monoisotopic (exact) mass is 357 g/mol. The Morgan fingerprint density at radius 2 is 1.92 bits per heavy atom. The van der Waals surface area contributed by atoms with Gasteiger partial charge in [-0.1, -0.05) is 12.1 Å². The zero-order chi connectivity index (χ0) is 18.6. The molecule has 1 N–H and O–H groups in total. The zero-order valence-corrected chi connectivity index (χ0v) is 14.9. The van der Waals surface area contributed by atoms with Gasteiger partial charge >= 0.3 is 0 Å². The van der Waals surface area contributed by atoms with Crippen molar-refractivity contribution in [2.24, 2.45) is 0 Å². The minimum absolute atomic E-state index is 0.0216. The van der Waals surface area contributed by atoms with Gasteiger partial charge in [-0.05, 0) is 48.9 Å². The topological polar surface area (TPSA) is 56.7 Å². The second-order valence-electron chi connectivity index (χ2n) is 7.12. The normalized spacial score (nSPS) is 19.9. The molecule has 1 aromatic carbocycles. The number of carbonyl (C=O) groups is 1. The first-order valence-corrected chi connectivity index (χ1v) is 8.76. The Hall–Kier alpha value is -2.31. The fraction of sp³-hybridized carbons (Fsp3) is 0.400. The van der Waals surface area contributed by atoms with Crippen LogP contribution in [0.15, 0.2) is 48.8 Å². The quantitative estimate of drug-likeness (QED) is 0.857. The molecule has 1 saturated heterocycles. The van der Waals surface area contributed by atoms with Crippen LogP contribution >= 0.6 is 0 Å². The van der Waals surface area contributed by atoms with Gasteiger partial charge < -0.3 is 10.0 Å². The number of halogens is 1. The van der Waals surface area contributed by atoms with E-state index in [-0.39, 0.29) is 11.7 Å². The highest BCUT2D eigenvalue weighted by atomic mass is 19.1. The van der Waals surface area contributed by atoms with E-state index < -0.39 is 5.60 Å². The summed E-state index contributed by atoms with van der Waals surface area (Å²) in [4.78, 5) is 20.1. The van der Waals surface area contributed by atoms with E-state index in [4.69, 9.17) is 0 Å². The summed E-state index contributed by atoms with van der Waals surface area (Å²) in [6.45, 7) is 1.98. The van der Waals surface area contributed by atoms with Crippen molar-refractivity contribution in [1.29, 1.82) is 0 Å². The number of aliphatic hydroxyl groups is 1. The maximum absolute atomic E-state index is 13.0. The fourth-order valence-corrected chi connectivity index (χ4v) is 3.45. The molecule has 2 aromatic rings. The highest BCUT2D eigenvalue weighted by Gasteiger charge is 2.38. The summed E-state index contributed by atoms with van der Waals surface area (Å²) in [5.41, 5.74) is 0.998. The van der Waals surface area contributed by atoms with E-state index in [0.717, 1.165) is 11.1 Å². The van der Waals surface area contributed by atoms with Gasteiger partial charge in [0.05, 0.1) is 18.6 Å². The van der Waals surface area contributed by atoms with E-state index in [1.54, 1.807) is 29.4 Å². The number of hydrogen-bond acceptors (Lipinski definition) is 4. The Bertz CT molecular complexity index is 738. The van der Waals surface area contributed by atoms with Crippen LogP contribution in [-0.2, 0) is 17.8 Å². The number of benzene rings is 1. The van der Waals surface area contributed by atoms with Gasteiger partial charge in [0.15, 0.2) is 0 Å². The summed E-state index contributed by atoms with van der Waals surface area (Å²) in [7, 11) is 1.92. The van der Waals surface area contributed by atoms with E-state index >= 15 is 0 Å². The molecule has 1 aliphatic heterocycles. The van der Waals surface area contributed by atoms with Crippen molar-refractivity contribution < 1.29 is 14.3 Å². The van der Waals surface area contributed by atoms with Gasteiger partial charge in [0.25, 0.3) is 0 Å². The third kappa shape index (κ3) is 4.86. The lowest BCUT2D eigenvalue weighted by Crippen LogP contribution is -2.44. The Labute approximate surface area is 153 Å². The zero-order valence-electron chi connectivity index (χ0n) is 14.9. The van der Waals surface area contributed by atoms with Gasteiger partial charge in [-0.15, -0.1) is 0 Å². The number of rotatable bonds is 6. The van der Waals surface area contributed by atoms with Crippen molar-refractivity contribution in [3.63, 3.8) is 0 Å². The predicted molar refractivity (Wildman–Crippen MR) is 96.8 cm³/mol. The molecule has 0 radical (unpaired) electrons. The standard InChI is InChI=1S/C20H24FN3O2/c1-23(13-17-2-4-18(21)5-3-17)14-20(26)8-11-24(15-20)19(25)12-16-6-9-22-10-7-16/h2-7,9-10,26H,8,11-15H2,1H3/t20-/m1/s1. The van der Waals surface area contributed by atoms with Crippen molar-refractivity contribution in [3.05, 3.63) is 65.7 Å². The van der Waals surface area contributed by atoms with Crippen LogP contribution in [0.2, 0.25) is 0 Å². The van der Waals surface area contributed by atoms with E-state index in [0.29, 0.717) is 39.0 Å². The van der Waals surface area contributed by atoms with Gasteiger partial charge in [-0.2, -0.15) is 0 Å². The van der Waals surface area contributed by atoms with Crippen LogP contribution in [0, 0.1) is 5.82 Å². The minimum atomic E-state index is -0.914. The van der Waals surface area contributed by atoms with Crippen molar-refractivity contribution >= 4 is 5.91 Å². The molecule has 1 aromatic heterocycles. The van der Waals surface area contributed by atoms with Crippen molar-refractivity contribution in [3.8, 4) is 0 Å². The number of amides is 1. The Balaban J connectivity index is 1.52. The van der Waals surface area contributed by atoms with E-state index in [1.165, 1.54) is 12.1 Å². The van der Waals surface area contributed by atoms with E-state index in [2.05, 4.69) is 4.98 Å². The molecule has 0 aliphatic carbocycles. The lowest BCUT2D eigenvalue weighted by Gasteiger charge is -2.29. The van der Waals surface area contributed by atoms with Crippen molar-refractivity contribution in [2.75, 3.05) is 26.7 Å². The van der Waals surface area contributed by atoms with Crippen LogP contribution in [0.3, 0.4) is 0 Å². The lowest BCUT2D eigenvalue weighted by molar-refractivity contribution is -0.130. The number of β-amino-alcohol motifs (C(OH)–C–C–N with tert-alkyl or cyclic N) is 1. The molecule has 26 heavy (non-hydrogen) atoms.